The second kappa shape index (κ2) is 9.47. The van der Waals surface area contributed by atoms with E-state index in [2.05, 4.69) is 15.2 Å². The van der Waals surface area contributed by atoms with Crippen molar-refractivity contribution < 1.29 is 27.3 Å². The zero-order valence-electron chi connectivity index (χ0n) is 15.9. The summed E-state index contributed by atoms with van der Waals surface area (Å²) in [7, 11) is -3.72. The van der Waals surface area contributed by atoms with Crippen LogP contribution in [0.1, 0.15) is 37.5 Å². The van der Waals surface area contributed by atoms with E-state index < -0.39 is 28.5 Å². The number of anilines is 1. The highest BCUT2D eigenvalue weighted by molar-refractivity contribution is 7.89. The maximum absolute atomic E-state index is 12.2. The van der Waals surface area contributed by atoms with E-state index in [1.807, 2.05) is 13.8 Å². The molecular weight excluding hydrogens is 386 g/mol. The fraction of sp³-hybridized carbons (Fsp3) is 0.389. The van der Waals surface area contributed by atoms with Gasteiger partial charge in [0.15, 0.2) is 12.4 Å². The first kappa shape index (κ1) is 21.6. The Hall–Kier alpha value is -2.72. The number of esters is 1. The van der Waals surface area contributed by atoms with Crippen LogP contribution >= 0.6 is 0 Å². The van der Waals surface area contributed by atoms with Crippen LogP contribution in [0.4, 0.5) is 5.82 Å². The summed E-state index contributed by atoms with van der Waals surface area (Å²) in [5.41, 5.74) is 1.03. The van der Waals surface area contributed by atoms with E-state index >= 15 is 0 Å². The van der Waals surface area contributed by atoms with Gasteiger partial charge >= 0.3 is 5.97 Å². The van der Waals surface area contributed by atoms with E-state index in [1.165, 1.54) is 18.2 Å². The largest absolute Gasteiger partial charge is 0.456 e. The van der Waals surface area contributed by atoms with E-state index in [4.69, 9.17) is 9.26 Å². The molecule has 0 saturated heterocycles. The number of nitrogens with one attached hydrogen (secondary N) is 2. The van der Waals surface area contributed by atoms with Gasteiger partial charge in [-0.15, -0.1) is 0 Å². The van der Waals surface area contributed by atoms with Crippen molar-refractivity contribution in [2.24, 2.45) is 0 Å². The fourth-order valence-corrected chi connectivity index (χ4v) is 3.26. The predicted octanol–water partition coefficient (Wildman–Crippen LogP) is 1.96. The Morgan fingerprint density at radius 1 is 1.21 bits per heavy atom. The molecule has 0 aliphatic heterocycles. The minimum atomic E-state index is -3.72. The van der Waals surface area contributed by atoms with Crippen molar-refractivity contribution in [3.05, 3.63) is 41.7 Å². The predicted molar refractivity (Wildman–Crippen MR) is 101 cm³/mol. The molecule has 0 unspecified atom stereocenters. The van der Waals surface area contributed by atoms with Crippen LogP contribution in [0.2, 0.25) is 0 Å². The van der Waals surface area contributed by atoms with Crippen LogP contribution in [-0.4, -0.2) is 38.6 Å². The van der Waals surface area contributed by atoms with Crippen molar-refractivity contribution in [1.82, 2.24) is 9.88 Å². The number of rotatable bonds is 9. The number of hydrogen-bond donors (Lipinski definition) is 2. The van der Waals surface area contributed by atoms with Gasteiger partial charge < -0.3 is 14.6 Å². The lowest BCUT2D eigenvalue weighted by Gasteiger charge is -2.09. The van der Waals surface area contributed by atoms with Crippen LogP contribution < -0.4 is 10.0 Å². The summed E-state index contributed by atoms with van der Waals surface area (Å²) < 4.78 is 36.4. The average molecular weight is 409 g/mol. The van der Waals surface area contributed by atoms with Gasteiger partial charge in [-0.3, -0.25) is 9.59 Å². The third-order valence-corrected chi connectivity index (χ3v) is 5.21. The molecule has 0 saturated carbocycles. The number of carbonyl (C=O) groups is 2. The molecule has 0 atom stereocenters. The molecule has 1 amide bonds. The van der Waals surface area contributed by atoms with Gasteiger partial charge in [0.05, 0.1) is 11.3 Å². The molecule has 9 nitrogen and oxygen atoms in total. The molecule has 0 fully saturated rings. The highest BCUT2D eigenvalue weighted by atomic mass is 32.2. The lowest BCUT2D eigenvalue weighted by Crippen LogP contribution is -2.28. The molecule has 28 heavy (non-hydrogen) atoms. The average Bonchev–Trinajstić information content (AvgIpc) is 3.04. The highest BCUT2D eigenvalue weighted by Gasteiger charge is 2.15. The third kappa shape index (κ3) is 6.46. The Balaban J connectivity index is 1.74. The van der Waals surface area contributed by atoms with E-state index in [9.17, 15) is 18.0 Å². The number of sulfonamides is 1. The van der Waals surface area contributed by atoms with Gasteiger partial charge in [-0.2, -0.15) is 0 Å². The van der Waals surface area contributed by atoms with Gasteiger partial charge in [-0.1, -0.05) is 31.1 Å². The van der Waals surface area contributed by atoms with Crippen molar-refractivity contribution >= 4 is 27.7 Å². The monoisotopic (exact) mass is 409 g/mol. The van der Waals surface area contributed by atoms with E-state index in [-0.39, 0.29) is 23.7 Å². The molecular formula is C18H23N3O6S. The Labute approximate surface area is 163 Å². The second-order valence-corrected chi connectivity index (χ2v) is 8.17. The Kier molecular flexibility index (Phi) is 7.30. The normalized spacial score (nSPS) is 11.4. The quantitative estimate of drug-likeness (QED) is 0.606. The SMILES string of the molecule is Cc1cc(NC(=O)COC(=O)CCNS(=O)(=O)c2ccc(C(C)C)cc2)no1. The number of aryl methyl sites for hydroxylation is 1. The van der Waals surface area contributed by atoms with Crippen molar-refractivity contribution in [1.29, 1.82) is 0 Å². The molecule has 2 rings (SSSR count). The Morgan fingerprint density at radius 2 is 1.89 bits per heavy atom. The maximum atomic E-state index is 12.2. The van der Waals surface area contributed by atoms with Crippen LogP contribution in [0.25, 0.3) is 0 Å². The lowest BCUT2D eigenvalue weighted by atomic mass is 10.0. The van der Waals surface area contributed by atoms with E-state index in [1.54, 1.807) is 19.1 Å². The molecule has 2 aromatic rings. The molecule has 0 spiro atoms. The van der Waals surface area contributed by atoms with E-state index in [0.717, 1.165) is 5.56 Å². The number of carbonyl (C=O) groups excluding carboxylic acids is 2. The van der Waals surface area contributed by atoms with E-state index in [0.29, 0.717) is 11.7 Å². The fourth-order valence-electron chi connectivity index (χ4n) is 2.23. The van der Waals surface area contributed by atoms with Crippen LogP contribution in [0.5, 0.6) is 0 Å². The minimum absolute atomic E-state index is 0.118. The second-order valence-electron chi connectivity index (χ2n) is 6.40. The molecule has 0 aliphatic rings. The van der Waals surface area contributed by atoms with Crippen molar-refractivity contribution in [2.75, 3.05) is 18.5 Å². The van der Waals surface area contributed by atoms with Gasteiger partial charge in [0.1, 0.15) is 5.76 Å². The summed E-state index contributed by atoms with van der Waals surface area (Å²) >= 11 is 0. The maximum Gasteiger partial charge on any atom is 0.307 e. The van der Waals surface area contributed by atoms with Gasteiger partial charge in [-0.25, -0.2) is 13.1 Å². The van der Waals surface area contributed by atoms with Gasteiger partial charge in [0.2, 0.25) is 10.0 Å². The van der Waals surface area contributed by atoms with Crippen LogP contribution in [0.3, 0.4) is 0 Å². The molecule has 1 aromatic heterocycles. The summed E-state index contributed by atoms with van der Waals surface area (Å²) in [6, 6.07) is 8.06. The number of ether oxygens (including phenoxy) is 1. The molecule has 10 heteroatoms. The summed E-state index contributed by atoms with van der Waals surface area (Å²) in [5, 5.41) is 5.98. The molecule has 2 N–H and O–H groups in total. The topological polar surface area (TPSA) is 128 Å². The Morgan fingerprint density at radius 3 is 2.46 bits per heavy atom. The smallest absolute Gasteiger partial charge is 0.307 e. The number of benzene rings is 1. The molecule has 1 heterocycles. The molecule has 152 valence electrons. The number of nitrogens with zero attached hydrogens (tertiary/aromatic N) is 1. The highest BCUT2D eigenvalue weighted by Crippen LogP contribution is 2.17. The summed E-state index contributed by atoms with van der Waals surface area (Å²) in [6.07, 6.45) is -0.209. The molecule has 1 aromatic carbocycles. The summed E-state index contributed by atoms with van der Waals surface area (Å²) in [6.45, 7) is 5.05. The molecule has 0 aliphatic carbocycles. The summed E-state index contributed by atoms with van der Waals surface area (Å²) in [5.74, 6) is -0.241. The van der Waals surface area contributed by atoms with Crippen LogP contribution in [0.15, 0.2) is 39.8 Å². The van der Waals surface area contributed by atoms with Gasteiger partial charge in [0, 0.05) is 12.6 Å². The number of aromatic nitrogens is 1. The number of amides is 1. The Bertz CT molecular complexity index is 919. The lowest BCUT2D eigenvalue weighted by molar-refractivity contribution is -0.147. The van der Waals surface area contributed by atoms with Crippen molar-refractivity contribution in [3.8, 4) is 0 Å². The molecule has 0 bridgehead atoms. The first-order chi connectivity index (χ1) is 13.2. The zero-order chi connectivity index (χ0) is 20.7. The first-order valence-corrected chi connectivity index (χ1v) is 10.1. The van der Waals surface area contributed by atoms with Crippen molar-refractivity contribution in [2.45, 2.75) is 38.0 Å². The third-order valence-electron chi connectivity index (χ3n) is 3.74. The van der Waals surface area contributed by atoms with Gasteiger partial charge in [-0.05, 0) is 30.5 Å². The van der Waals surface area contributed by atoms with Crippen LogP contribution in [0, 0.1) is 6.92 Å². The van der Waals surface area contributed by atoms with Gasteiger partial charge in [0.25, 0.3) is 5.91 Å². The minimum Gasteiger partial charge on any atom is -0.456 e. The zero-order valence-corrected chi connectivity index (χ0v) is 16.7. The first-order valence-electron chi connectivity index (χ1n) is 8.66. The summed E-state index contributed by atoms with van der Waals surface area (Å²) in [4.78, 5) is 23.4. The van der Waals surface area contributed by atoms with Crippen LogP contribution in [-0.2, 0) is 24.3 Å². The standard InChI is InChI=1S/C18H23N3O6S/c1-12(2)14-4-6-15(7-5-14)28(24,25)19-9-8-18(23)26-11-17(22)20-16-10-13(3)27-21-16/h4-7,10,12,19H,8-9,11H2,1-3H3,(H,20,21,22). The molecule has 0 radical (unpaired) electrons. The van der Waals surface area contributed by atoms with Crippen molar-refractivity contribution in [3.63, 3.8) is 0 Å². The number of hydrogen-bond acceptors (Lipinski definition) is 7.